The molecular formula is C8H14N2O. The molecule has 0 aromatic heterocycles. The van der Waals surface area contributed by atoms with Gasteiger partial charge < -0.3 is 10.6 Å². The Hall–Kier alpha value is -0.570. The maximum atomic E-state index is 11.1. The van der Waals surface area contributed by atoms with Crippen molar-refractivity contribution >= 4 is 5.91 Å². The number of rotatable bonds is 1. The molecule has 2 rings (SSSR count). The third kappa shape index (κ3) is 0.948. The molecular weight excluding hydrogens is 140 g/mol. The molecule has 1 amide bonds. The highest BCUT2D eigenvalue weighted by molar-refractivity contribution is 5.74. The summed E-state index contributed by atoms with van der Waals surface area (Å²) in [5.74, 6) is 1.71. The van der Waals surface area contributed by atoms with Crippen LogP contribution in [-0.4, -0.2) is 29.9 Å². The molecule has 0 radical (unpaired) electrons. The number of nitrogens with zero attached hydrogens (tertiary/aromatic N) is 1. The van der Waals surface area contributed by atoms with Gasteiger partial charge in [-0.05, 0) is 18.3 Å². The third-order valence-corrected chi connectivity index (χ3v) is 2.95. The van der Waals surface area contributed by atoms with Gasteiger partial charge in [0.15, 0.2) is 0 Å². The van der Waals surface area contributed by atoms with Crippen LogP contribution < -0.4 is 5.73 Å². The molecule has 2 fully saturated rings. The topological polar surface area (TPSA) is 46.3 Å². The normalized spacial score (nSPS) is 40.5. The largest absolute Gasteiger partial charge is 0.338 e. The fourth-order valence-electron chi connectivity index (χ4n) is 2.24. The molecule has 2 N–H and O–H groups in total. The molecule has 0 bridgehead atoms. The average molecular weight is 154 g/mol. The molecule has 1 saturated carbocycles. The second-order valence-corrected chi connectivity index (χ2v) is 3.63. The lowest BCUT2D eigenvalue weighted by Crippen LogP contribution is -2.41. The molecule has 1 aliphatic carbocycles. The van der Waals surface area contributed by atoms with Gasteiger partial charge in [0.05, 0.1) is 0 Å². The standard InChI is InChI=1S/C8H14N2O/c1-5(11)10-4-6-2-7(6)8(10)3-9/h6-8H,2-4,9H2,1H3/t6-,7-,8-/m1/s1. The Bertz CT molecular complexity index is 193. The zero-order valence-corrected chi connectivity index (χ0v) is 6.79. The predicted molar refractivity (Wildman–Crippen MR) is 41.8 cm³/mol. The highest BCUT2D eigenvalue weighted by Gasteiger charge is 2.52. The summed E-state index contributed by atoms with van der Waals surface area (Å²) in [5.41, 5.74) is 5.59. The molecule has 0 aromatic carbocycles. The van der Waals surface area contributed by atoms with Crippen molar-refractivity contribution in [3.63, 3.8) is 0 Å². The zero-order chi connectivity index (χ0) is 8.01. The number of hydrogen-bond donors (Lipinski definition) is 1. The van der Waals surface area contributed by atoms with E-state index in [-0.39, 0.29) is 5.91 Å². The monoisotopic (exact) mass is 154 g/mol. The lowest BCUT2D eigenvalue weighted by atomic mass is 10.2. The number of likely N-dealkylation sites (tertiary alicyclic amines) is 1. The summed E-state index contributed by atoms with van der Waals surface area (Å²) in [6.45, 7) is 3.23. The van der Waals surface area contributed by atoms with Crippen LogP contribution in [0.25, 0.3) is 0 Å². The molecule has 0 spiro atoms. The van der Waals surface area contributed by atoms with Gasteiger partial charge >= 0.3 is 0 Å². The van der Waals surface area contributed by atoms with Crippen molar-refractivity contribution in [3.05, 3.63) is 0 Å². The molecule has 1 aliphatic heterocycles. The van der Waals surface area contributed by atoms with Crippen LogP contribution >= 0.6 is 0 Å². The minimum absolute atomic E-state index is 0.188. The van der Waals surface area contributed by atoms with Crippen LogP contribution in [-0.2, 0) is 4.79 Å². The van der Waals surface area contributed by atoms with Gasteiger partial charge in [0, 0.05) is 26.1 Å². The maximum Gasteiger partial charge on any atom is 0.219 e. The average Bonchev–Trinajstić information content (AvgIpc) is 2.63. The SMILES string of the molecule is CC(=O)N1C[C@H]2C[C@H]2[C@H]1CN. The Labute approximate surface area is 66.5 Å². The number of carbonyl (C=O) groups excluding carboxylic acids is 1. The molecule has 3 nitrogen and oxygen atoms in total. The molecule has 0 unspecified atom stereocenters. The Balaban J connectivity index is 2.06. The smallest absolute Gasteiger partial charge is 0.219 e. The van der Waals surface area contributed by atoms with Crippen molar-refractivity contribution in [1.82, 2.24) is 4.90 Å². The fourth-order valence-corrected chi connectivity index (χ4v) is 2.24. The van der Waals surface area contributed by atoms with E-state index < -0.39 is 0 Å². The first kappa shape index (κ1) is 7.10. The molecule has 3 heteroatoms. The van der Waals surface area contributed by atoms with E-state index in [0.29, 0.717) is 12.6 Å². The van der Waals surface area contributed by atoms with Crippen molar-refractivity contribution in [3.8, 4) is 0 Å². The number of amides is 1. The number of fused-ring (bicyclic) bond motifs is 1. The molecule has 0 aromatic rings. The summed E-state index contributed by atoms with van der Waals surface area (Å²) in [5, 5.41) is 0. The van der Waals surface area contributed by atoms with Gasteiger partial charge in [0.25, 0.3) is 0 Å². The molecule has 1 saturated heterocycles. The van der Waals surface area contributed by atoms with Crippen molar-refractivity contribution in [2.75, 3.05) is 13.1 Å². The summed E-state index contributed by atoms with van der Waals surface area (Å²) in [4.78, 5) is 13.0. The first-order valence-electron chi connectivity index (χ1n) is 4.21. The number of hydrogen-bond acceptors (Lipinski definition) is 2. The second kappa shape index (κ2) is 2.21. The number of piperidine rings is 1. The van der Waals surface area contributed by atoms with Crippen LogP contribution in [0.3, 0.4) is 0 Å². The minimum Gasteiger partial charge on any atom is -0.338 e. The van der Waals surface area contributed by atoms with E-state index in [9.17, 15) is 4.79 Å². The van der Waals surface area contributed by atoms with Crippen molar-refractivity contribution in [1.29, 1.82) is 0 Å². The van der Waals surface area contributed by atoms with Gasteiger partial charge in [-0.25, -0.2) is 0 Å². The van der Waals surface area contributed by atoms with Gasteiger partial charge in [-0.1, -0.05) is 0 Å². The minimum atomic E-state index is 0.188. The summed E-state index contributed by atoms with van der Waals surface area (Å²) in [6.07, 6.45) is 1.30. The van der Waals surface area contributed by atoms with Gasteiger partial charge in [-0.15, -0.1) is 0 Å². The Kier molecular flexibility index (Phi) is 1.42. The van der Waals surface area contributed by atoms with E-state index in [1.807, 2.05) is 4.90 Å². The summed E-state index contributed by atoms with van der Waals surface area (Å²) in [7, 11) is 0. The Morgan fingerprint density at radius 1 is 1.73 bits per heavy atom. The lowest BCUT2D eigenvalue weighted by Gasteiger charge is -2.24. The van der Waals surface area contributed by atoms with Crippen molar-refractivity contribution in [2.45, 2.75) is 19.4 Å². The first-order chi connectivity index (χ1) is 5.24. The summed E-state index contributed by atoms with van der Waals surface area (Å²) in [6, 6.07) is 0.359. The van der Waals surface area contributed by atoms with Gasteiger partial charge in [-0.3, -0.25) is 4.79 Å². The van der Waals surface area contributed by atoms with Gasteiger partial charge in [0.1, 0.15) is 0 Å². The number of nitrogens with two attached hydrogens (primary N) is 1. The molecule has 1 heterocycles. The predicted octanol–water partition coefficient (Wildman–Crippen LogP) is -0.188. The highest BCUT2D eigenvalue weighted by atomic mass is 16.2. The quantitative estimate of drug-likeness (QED) is 0.569. The van der Waals surface area contributed by atoms with Crippen LogP contribution in [0, 0.1) is 11.8 Å². The Morgan fingerprint density at radius 3 is 2.91 bits per heavy atom. The van der Waals surface area contributed by atoms with E-state index >= 15 is 0 Å². The summed E-state index contributed by atoms with van der Waals surface area (Å²) >= 11 is 0. The van der Waals surface area contributed by atoms with Crippen LogP contribution in [0.15, 0.2) is 0 Å². The second-order valence-electron chi connectivity index (χ2n) is 3.63. The Morgan fingerprint density at radius 2 is 2.45 bits per heavy atom. The van der Waals surface area contributed by atoms with E-state index in [4.69, 9.17) is 5.73 Å². The van der Waals surface area contributed by atoms with Gasteiger partial charge in [0.2, 0.25) is 5.91 Å². The first-order valence-corrected chi connectivity index (χ1v) is 4.21. The molecule has 62 valence electrons. The summed E-state index contributed by atoms with van der Waals surface area (Å²) < 4.78 is 0. The molecule has 11 heavy (non-hydrogen) atoms. The lowest BCUT2D eigenvalue weighted by molar-refractivity contribution is -0.130. The van der Waals surface area contributed by atoms with Crippen LogP contribution in [0.2, 0.25) is 0 Å². The van der Waals surface area contributed by atoms with Crippen LogP contribution in [0.4, 0.5) is 0 Å². The van der Waals surface area contributed by atoms with Crippen LogP contribution in [0.1, 0.15) is 13.3 Å². The van der Waals surface area contributed by atoms with E-state index in [2.05, 4.69) is 0 Å². The number of carbonyl (C=O) groups is 1. The molecule has 2 aliphatic rings. The highest BCUT2D eigenvalue weighted by Crippen LogP contribution is 2.48. The van der Waals surface area contributed by atoms with E-state index in [0.717, 1.165) is 18.4 Å². The maximum absolute atomic E-state index is 11.1. The zero-order valence-electron chi connectivity index (χ0n) is 6.79. The third-order valence-electron chi connectivity index (χ3n) is 2.95. The van der Waals surface area contributed by atoms with Crippen LogP contribution in [0.5, 0.6) is 0 Å². The molecule has 3 atom stereocenters. The van der Waals surface area contributed by atoms with Crippen molar-refractivity contribution in [2.24, 2.45) is 17.6 Å². The van der Waals surface area contributed by atoms with Gasteiger partial charge in [-0.2, -0.15) is 0 Å². The van der Waals surface area contributed by atoms with E-state index in [1.165, 1.54) is 6.42 Å². The fraction of sp³-hybridized carbons (Fsp3) is 0.875. The van der Waals surface area contributed by atoms with E-state index in [1.54, 1.807) is 6.92 Å². The van der Waals surface area contributed by atoms with Crippen molar-refractivity contribution < 1.29 is 4.79 Å².